The molecule has 0 heterocycles. The molecule has 1 aromatic carbocycles. The zero-order valence-electron chi connectivity index (χ0n) is 8.71. The molecule has 1 rings (SSSR count). The van der Waals surface area contributed by atoms with E-state index in [2.05, 4.69) is 4.74 Å². The van der Waals surface area contributed by atoms with Crippen LogP contribution in [0.5, 0.6) is 0 Å². The lowest BCUT2D eigenvalue weighted by molar-refractivity contribution is 0.0692. The Morgan fingerprint density at radius 1 is 1.38 bits per heavy atom. The molecular weight excluding hydrogens is 232 g/mol. The molecule has 0 amide bonds. The molecule has 0 aromatic heterocycles. The van der Waals surface area contributed by atoms with Gasteiger partial charge in [0, 0.05) is 7.11 Å². The van der Waals surface area contributed by atoms with Crippen molar-refractivity contribution >= 4 is 15.8 Å². The number of carbonyl (C=O) groups is 1. The van der Waals surface area contributed by atoms with Gasteiger partial charge in [0.05, 0.1) is 22.8 Å². The fourth-order valence-electron chi connectivity index (χ4n) is 1.22. The Kier molecular flexibility index (Phi) is 4.03. The Morgan fingerprint density at radius 3 is 2.56 bits per heavy atom. The van der Waals surface area contributed by atoms with Gasteiger partial charge < -0.3 is 9.84 Å². The lowest BCUT2D eigenvalue weighted by Crippen LogP contribution is -2.15. The molecule has 0 atom stereocenters. The summed E-state index contributed by atoms with van der Waals surface area (Å²) in [6.07, 6.45) is 0. The normalized spacial score (nSPS) is 11.3. The molecule has 0 aliphatic rings. The van der Waals surface area contributed by atoms with Gasteiger partial charge >= 0.3 is 5.97 Å². The summed E-state index contributed by atoms with van der Waals surface area (Å²) in [5, 5.41) is 8.86. The third-order valence-electron chi connectivity index (χ3n) is 2.01. The van der Waals surface area contributed by atoms with Crippen molar-refractivity contribution in [3.05, 3.63) is 29.8 Å². The van der Waals surface area contributed by atoms with E-state index in [0.717, 1.165) is 0 Å². The Morgan fingerprint density at radius 2 is 2.00 bits per heavy atom. The van der Waals surface area contributed by atoms with Gasteiger partial charge in [-0.15, -0.1) is 0 Å². The Hall–Kier alpha value is -1.40. The number of benzene rings is 1. The fraction of sp³-hybridized carbons (Fsp3) is 0.300. The van der Waals surface area contributed by atoms with E-state index in [1.807, 2.05) is 0 Å². The summed E-state index contributed by atoms with van der Waals surface area (Å²) >= 11 is 0. The predicted octanol–water partition coefficient (Wildman–Crippen LogP) is 0.805. The first-order valence-corrected chi connectivity index (χ1v) is 6.18. The first kappa shape index (κ1) is 12.7. The number of carboxylic acid groups (broad SMARTS) is 1. The van der Waals surface area contributed by atoms with E-state index in [9.17, 15) is 13.2 Å². The minimum atomic E-state index is -3.60. The van der Waals surface area contributed by atoms with Crippen molar-refractivity contribution in [2.24, 2.45) is 0 Å². The zero-order chi connectivity index (χ0) is 12.2. The zero-order valence-corrected chi connectivity index (χ0v) is 9.53. The van der Waals surface area contributed by atoms with Gasteiger partial charge in [-0.3, -0.25) is 0 Å². The van der Waals surface area contributed by atoms with E-state index < -0.39 is 15.8 Å². The van der Waals surface area contributed by atoms with Gasteiger partial charge in [-0.1, -0.05) is 12.1 Å². The quantitative estimate of drug-likeness (QED) is 0.828. The maximum absolute atomic E-state index is 11.8. The van der Waals surface area contributed by atoms with Crippen LogP contribution in [0, 0.1) is 0 Å². The van der Waals surface area contributed by atoms with Gasteiger partial charge in [0.25, 0.3) is 0 Å². The monoisotopic (exact) mass is 244 g/mol. The Labute approximate surface area is 93.6 Å². The summed E-state index contributed by atoms with van der Waals surface area (Å²) in [6, 6.07) is 5.53. The minimum Gasteiger partial charge on any atom is -0.478 e. The molecule has 0 saturated carbocycles. The van der Waals surface area contributed by atoms with Gasteiger partial charge in [0.1, 0.15) is 0 Å². The maximum atomic E-state index is 11.8. The number of carboxylic acids is 1. The minimum absolute atomic E-state index is 0.0380. The van der Waals surface area contributed by atoms with Crippen molar-refractivity contribution < 1.29 is 23.1 Å². The second-order valence-corrected chi connectivity index (χ2v) is 5.19. The van der Waals surface area contributed by atoms with E-state index in [1.165, 1.54) is 31.4 Å². The van der Waals surface area contributed by atoms with Crippen LogP contribution < -0.4 is 0 Å². The molecule has 0 aliphatic heterocycles. The lowest BCUT2D eigenvalue weighted by Gasteiger charge is -2.06. The molecule has 0 saturated heterocycles. The van der Waals surface area contributed by atoms with Gasteiger partial charge in [0.2, 0.25) is 0 Å². The van der Waals surface area contributed by atoms with Crippen molar-refractivity contribution in [2.45, 2.75) is 4.90 Å². The van der Waals surface area contributed by atoms with E-state index in [0.29, 0.717) is 0 Å². The molecule has 0 spiro atoms. The molecule has 88 valence electrons. The van der Waals surface area contributed by atoms with Crippen LogP contribution in [0.2, 0.25) is 0 Å². The first-order chi connectivity index (χ1) is 7.49. The van der Waals surface area contributed by atoms with Crippen LogP contribution in [0.4, 0.5) is 0 Å². The smallest absolute Gasteiger partial charge is 0.337 e. The number of methoxy groups -OCH3 is 1. The summed E-state index contributed by atoms with van der Waals surface area (Å²) in [6.45, 7) is 0.0380. The molecule has 6 heteroatoms. The predicted molar refractivity (Wildman–Crippen MR) is 57.3 cm³/mol. The van der Waals surface area contributed by atoms with Crippen molar-refractivity contribution in [3.63, 3.8) is 0 Å². The van der Waals surface area contributed by atoms with Crippen LogP contribution in [0.1, 0.15) is 10.4 Å². The van der Waals surface area contributed by atoms with Gasteiger partial charge in [-0.25, -0.2) is 13.2 Å². The molecule has 5 nitrogen and oxygen atoms in total. The van der Waals surface area contributed by atoms with Crippen molar-refractivity contribution in [1.82, 2.24) is 0 Å². The second kappa shape index (κ2) is 5.09. The molecule has 1 aromatic rings. The number of sulfone groups is 1. The number of hydrogen-bond acceptors (Lipinski definition) is 4. The van der Waals surface area contributed by atoms with Crippen LogP contribution in [0.15, 0.2) is 29.2 Å². The van der Waals surface area contributed by atoms with Crippen molar-refractivity contribution in [2.75, 3.05) is 19.5 Å². The fourth-order valence-corrected chi connectivity index (χ4v) is 2.60. The number of aromatic carboxylic acids is 1. The SMILES string of the molecule is COCCS(=O)(=O)c1ccccc1C(=O)O. The molecule has 0 bridgehead atoms. The first-order valence-electron chi connectivity index (χ1n) is 4.53. The summed E-state index contributed by atoms with van der Waals surface area (Å²) in [4.78, 5) is 10.7. The highest BCUT2D eigenvalue weighted by Crippen LogP contribution is 2.16. The standard InChI is InChI=1S/C10H12O5S/c1-15-6-7-16(13,14)9-5-3-2-4-8(9)10(11)12/h2-5H,6-7H2,1H3,(H,11,12). The number of hydrogen-bond donors (Lipinski definition) is 1. The van der Waals surface area contributed by atoms with Gasteiger partial charge in [-0.05, 0) is 12.1 Å². The third kappa shape index (κ3) is 2.80. The van der Waals surface area contributed by atoms with Crippen molar-refractivity contribution in [3.8, 4) is 0 Å². The summed E-state index contributed by atoms with van der Waals surface area (Å²) in [5.74, 6) is -1.48. The highest BCUT2D eigenvalue weighted by molar-refractivity contribution is 7.91. The summed E-state index contributed by atoms with van der Waals surface area (Å²) in [5.41, 5.74) is -0.210. The largest absolute Gasteiger partial charge is 0.478 e. The third-order valence-corrected chi connectivity index (χ3v) is 3.74. The van der Waals surface area contributed by atoms with Gasteiger partial charge in [-0.2, -0.15) is 0 Å². The highest BCUT2D eigenvalue weighted by atomic mass is 32.2. The van der Waals surface area contributed by atoms with Crippen LogP contribution >= 0.6 is 0 Å². The molecule has 0 radical (unpaired) electrons. The number of rotatable bonds is 5. The van der Waals surface area contributed by atoms with E-state index in [4.69, 9.17) is 5.11 Å². The van der Waals surface area contributed by atoms with E-state index >= 15 is 0 Å². The molecule has 16 heavy (non-hydrogen) atoms. The highest BCUT2D eigenvalue weighted by Gasteiger charge is 2.21. The Bertz CT molecular complexity index is 478. The second-order valence-electron chi connectivity index (χ2n) is 3.11. The van der Waals surface area contributed by atoms with Gasteiger partial charge in [0.15, 0.2) is 9.84 Å². The van der Waals surface area contributed by atoms with Crippen LogP contribution in [-0.2, 0) is 14.6 Å². The summed E-state index contributed by atoms with van der Waals surface area (Å²) < 4.78 is 28.2. The average molecular weight is 244 g/mol. The Balaban J connectivity index is 3.17. The van der Waals surface area contributed by atoms with E-state index in [1.54, 1.807) is 0 Å². The van der Waals surface area contributed by atoms with Crippen LogP contribution in [-0.4, -0.2) is 39.0 Å². The molecule has 0 aliphatic carbocycles. The lowest BCUT2D eigenvalue weighted by atomic mass is 10.2. The molecule has 0 fully saturated rings. The number of ether oxygens (including phenoxy) is 1. The topological polar surface area (TPSA) is 80.7 Å². The maximum Gasteiger partial charge on any atom is 0.337 e. The van der Waals surface area contributed by atoms with E-state index in [-0.39, 0.29) is 22.8 Å². The molecule has 0 unspecified atom stereocenters. The molecular formula is C10H12O5S. The summed E-state index contributed by atoms with van der Waals surface area (Å²) in [7, 11) is -2.22. The molecule has 1 N–H and O–H groups in total. The van der Waals surface area contributed by atoms with Crippen molar-refractivity contribution in [1.29, 1.82) is 0 Å². The van der Waals surface area contributed by atoms with Crippen LogP contribution in [0.3, 0.4) is 0 Å². The van der Waals surface area contributed by atoms with Crippen LogP contribution in [0.25, 0.3) is 0 Å². The average Bonchev–Trinajstić information content (AvgIpc) is 2.26.